The van der Waals surface area contributed by atoms with Gasteiger partial charge in [0.1, 0.15) is 0 Å². The summed E-state index contributed by atoms with van der Waals surface area (Å²) in [6.45, 7) is 11.9. The highest BCUT2D eigenvalue weighted by atomic mass is 14.5. The van der Waals surface area contributed by atoms with Crippen LogP contribution in [0, 0.1) is 17.3 Å². The van der Waals surface area contributed by atoms with Crippen molar-refractivity contribution in [2.45, 2.75) is 157 Å². The van der Waals surface area contributed by atoms with Gasteiger partial charge >= 0.3 is 0 Å². The summed E-state index contributed by atoms with van der Waals surface area (Å²) in [5, 5.41) is 0. The minimum Gasteiger partial charge on any atom is -0.0654 e. The zero-order chi connectivity index (χ0) is 24.2. The molecule has 1 rings (SSSR count). The minimum absolute atomic E-state index is 0.455. The molecule has 0 aliphatic carbocycles. The molecule has 0 bridgehead atoms. The highest BCUT2D eigenvalue weighted by Gasteiger charge is 2.43. The van der Waals surface area contributed by atoms with E-state index in [1.165, 1.54) is 122 Å². The second kappa shape index (κ2) is 19.5. The molecule has 1 aromatic rings. The third-order valence-electron chi connectivity index (χ3n) is 8.08. The van der Waals surface area contributed by atoms with Crippen molar-refractivity contribution in [3.63, 3.8) is 0 Å². The van der Waals surface area contributed by atoms with Gasteiger partial charge in [0.25, 0.3) is 0 Å². The molecular weight excluding hydrogens is 396 g/mol. The van der Waals surface area contributed by atoms with Gasteiger partial charge in [-0.2, -0.15) is 0 Å². The predicted molar refractivity (Wildman–Crippen MR) is 151 cm³/mol. The molecule has 0 amide bonds. The van der Waals surface area contributed by atoms with Gasteiger partial charge in [-0.05, 0) is 61.3 Å². The van der Waals surface area contributed by atoms with Gasteiger partial charge in [0, 0.05) is 0 Å². The maximum Gasteiger partial charge on any atom is -0.0176 e. The Morgan fingerprint density at radius 3 is 1.64 bits per heavy atom. The standard InChI is InChI=1S/C33H59/c1-6-11-16-17-21-26-32(29-30-22-19-18-20-23-30)33(27-14-9-4,28-15-10-5)31(24-12-7-2)25-13-8-3/h18-20,22-23,32H,6-17,21,24-29H2,1-5H3. The average Bonchev–Trinajstić information content (AvgIpc) is 2.85. The normalized spacial score (nSPS) is 13.0. The van der Waals surface area contributed by atoms with Gasteiger partial charge in [-0.25, -0.2) is 0 Å². The van der Waals surface area contributed by atoms with Crippen molar-refractivity contribution < 1.29 is 0 Å². The summed E-state index contributed by atoms with van der Waals surface area (Å²) in [4.78, 5) is 0. The molecule has 191 valence electrons. The van der Waals surface area contributed by atoms with E-state index in [4.69, 9.17) is 0 Å². The molecule has 0 fully saturated rings. The zero-order valence-electron chi connectivity index (χ0n) is 23.4. The van der Waals surface area contributed by atoms with Crippen LogP contribution in [0.25, 0.3) is 0 Å². The van der Waals surface area contributed by atoms with Crippen molar-refractivity contribution >= 4 is 0 Å². The maximum absolute atomic E-state index is 2.40. The van der Waals surface area contributed by atoms with Crippen LogP contribution in [-0.2, 0) is 6.42 Å². The Bertz CT molecular complexity index is 514. The van der Waals surface area contributed by atoms with E-state index < -0.39 is 0 Å². The number of unbranched alkanes of at least 4 members (excludes halogenated alkanes) is 8. The summed E-state index contributed by atoms with van der Waals surface area (Å²) >= 11 is 0. The fourth-order valence-electron chi connectivity index (χ4n) is 6.03. The molecule has 1 radical (unpaired) electrons. The molecule has 0 aliphatic heterocycles. The molecule has 1 aromatic carbocycles. The van der Waals surface area contributed by atoms with Crippen molar-refractivity contribution in [3.05, 3.63) is 41.8 Å². The summed E-state index contributed by atoms with van der Waals surface area (Å²) in [7, 11) is 0. The van der Waals surface area contributed by atoms with Crippen molar-refractivity contribution in [1.82, 2.24) is 0 Å². The first-order valence-electron chi connectivity index (χ1n) is 15.1. The molecule has 0 spiro atoms. The van der Waals surface area contributed by atoms with Gasteiger partial charge in [-0.15, -0.1) is 0 Å². The molecule has 33 heavy (non-hydrogen) atoms. The van der Waals surface area contributed by atoms with E-state index in [0.29, 0.717) is 5.41 Å². The molecule has 0 heterocycles. The molecule has 0 aliphatic rings. The Hall–Kier alpha value is -0.780. The van der Waals surface area contributed by atoms with E-state index in [0.717, 1.165) is 5.92 Å². The van der Waals surface area contributed by atoms with Crippen molar-refractivity contribution in [2.24, 2.45) is 11.3 Å². The fourth-order valence-corrected chi connectivity index (χ4v) is 6.03. The topological polar surface area (TPSA) is 0 Å². The third-order valence-corrected chi connectivity index (χ3v) is 8.08. The summed E-state index contributed by atoms with van der Waals surface area (Å²) in [5.41, 5.74) is 2.02. The molecule has 0 N–H and O–H groups in total. The Balaban J connectivity index is 3.33. The average molecular weight is 456 g/mol. The van der Waals surface area contributed by atoms with Crippen LogP contribution in [-0.4, -0.2) is 0 Å². The van der Waals surface area contributed by atoms with Gasteiger partial charge in [0.15, 0.2) is 0 Å². The lowest BCUT2D eigenvalue weighted by Gasteiger charge is -2.48. The minimum atomic E-state index is 0.455. The van der Waals surface area contributed by atoms with Crippen LogP contribution in [0.2, 0.25) is 0 Å². The third kappa shape index (κ3) is 11.5. The van der Waals surface area contributed by atoms with Gasteiger partial charge in [0.05, 0.1) is 0 Å². The first-order valence-corrected chi connectivity index (χ1v) is 15.1. The second-order valence-electron chi connectivity index (χ2n) is 10.8. The molecule has 1 unspecified atom stereocenters. The molecule has 0 heteroatoms. The van der Waals surface area contributed by atoms with E-state index in [9.17, 15) is 0 Å². The van der Waals surface area contributed by atoms with Crippen molar-refractivity contribution in [3.8, 4) is 0 Å². The Kier molecular flexibility index (Phi) is 17.9. The van der Waals surface area contributed by atoms with E-state index in [2.05, 4.69) is 65.0 Å². The Morgan fingerprint density at radius 1 is 0.606 bits per heavy atom. The Morgan fingerprint density at radius 2 is 1.12 bits per heavy atom. The monoisotopic (exact) mass is 455 g/mol. The summed E-state index contributed by atoms with van der Waals surface area (Å²) in [6.07, 6.45) is 26.2. The molecule has 1 atom stereocenters. The number of rotatable bonds is 22. The van der Waals surface area contributed by atoms with Crippen molar-refractivity contribution in [1.29, 1.82) is 0 Å². The SMILES string of the molecule is CCCCCCCC(Cc1ccccc1)C(CCCC)(CCCC)[C](CCCC)CCCC. The number of hydrogen-bond donors (Lipinski definition) is 0. The van der Waals surface area contributed by atoms with Crippen LogP contribution in [0.3, 0.4) is 0 Å². The quantitative estimate of drug-likeness (QED) is 0.152. The lowest BCUT2D eigenvalue weighted by Crippen LogP contribution is -2.39. The largest absolute Gasteiger partial charge is 0.0654 e. The van der Waals surface area contributed by atoms with Crippen LogP contribution >= 0.6 is 0 Å². The summed E-state index contributed by atoms with van der Waals surface area (Å²) in [6, 6.07) is 11.5. The van der Waals surface area contributed by atoms with Crippen LogP contribution in [0.1, 0.15) is 156 Å². The van der Waals surface area contributed by atoms with Crippen LogP contribution < -0.4 is 0 Å². The second-order valence-corrected chi connectivity index (χ2v) is 10.8. The Labute approximate surface area is 209 Å². The van der Waals surface area contributed by atoms with E-state index >= 15 is 0 Å². The number of benzene rings is 1. The molecule has 0 saturated heterocycles. The fraction of sp³-hybridized carbons (Fsp3) is 0.788. The highest BCUT2D eigenvalue weighted by molar-refractivity contribution is 5.18. The first-order chi connectivity index (χ1) is 16.2. The van der Waals surface area contributed by atoms with Crippen LogP contribution in [0.5, 0.6) is 0 Å². The van der Waals surface area contributed by atoms with Gasteiger partial charge in [-0.1, -0.05) is 148 Å². The lowest BCUT2D eigenvalue weighted by molar-refractivity contribution is 0.109. The lowest BCUT2D eigenvalue weighted by atomic mass is 9.56. The van der Waals surface area contributed by atoms with E-state index in [-0.39, 0.29) is 0 Å². The van der Waals surface area contributed by atoms with Crippen LogP contribution in [0.4, 0.5) is 0 Å². The summed E-state index contributed by atoms with van der Waals surface area (Å²) in [5.74, 6) is 2.78. The van der Waals surface area contributed by atoms with Gasteiger partial charge in [0.2, 0.25) is 0 Å². The molecule has 0 saturated carbocycles. The van der Waals surface area contributed by atoms with E-state index in [1.807, 2.05) is 5.92 Å². The van der Waals surface area contributed by atoms with E-state index in [1.54, 1.807) is 5.56 Å². The molecule has 0 nitrogen and oxygen atoms in total. The first kappa shape index (κ1) is 30.3. The molecular formula is C33H59. The van der Waals surface area contributed by atoms with Crippen LogP contribution in [0.15, 0.2) is 30.3 Å². The maximum atomic E-state index is 2.40. The zero-order valence-corrected chi connectivity index (χ0v) is 23.4. The molecule has 0 aromatic heterocycles. The predicted octanol–water partition coefficient (Wildman–Crippen LogP) is 11.5. The number of hydrogen-bond acceptors (Lipinski definition) is 0. The smallest absolute Gasteiger partial charge is 0.0176 e. The van der Waals surface area contributed by atoms with Gasteiger partial charge < -0.3 is 0 Å². The summed E-state index contributed by atoms with van der Waals surface area (Å²) < 4.78 is 0. The van der Waals surface area contributed by atoms with Crippen molar-refractivity contribution in [2.75, 3.05) is 0 Å². The van der Waals surface area contributed by atoms with Gasteiger partial charge in [-0.3, -0.25) is 0 Å². The highest BCUT2D eigenvalue weighted by Crippen LogP contribution is 2.53.